The molecule has 0 aliphatic carbocycles. The van der Waals surface area contributed by atoms with Gasteiger partial charge in [-0.3, -0.25) is 0 Å². The molecule has 1 aliphatic rings. The van der Waals surface area contributed by atoms with Crippen molar-refractivity contribution >= 4 is 9.84 Å². The topological polar surface area (TPSA) is 52.6 Å². The summed E-state index contributed by atoms with van der Waals surface area (Å²) in [6, 6.07) is 15.8. The van der Waals surface area contributed by atoms with Crippen molar-refractivity contribution < 1.29 is 17.9 Å². The third-order valence-electron chi connectivity index (χ3n) is 4.30. The third-order valence-corrected chi connectivity index (χ3v) is 6.47. The first-order valence-electron chi connectivity index (χ1n) is 7.77. The highest BCUT2D eigenvalue weighted by molar-refractivity contribution is 7.92. The van der Waals surface area contributed by atoms with Crippen LogP contribution in [-0.2, 0) is 14.6 Å². The number of ether oxygens (including phenoxy) is 2. The van der Waals surface area contributed by atoms with Gasteiger partial charge in [0.15, 0.2) is 9.84 Å². The molecule has 3 atom stereocenters. The summed E-state index contributed by atoms with van der Waals surface area (Å²) in [5.74, 6) is 0.722. The van der Waals surface area contributed by atoms with Gasteiger partial charge in [0.2, 0.25) is 0 Å². The summed E-state index contributed by atoms with van der Waals surface area (Å²) in [6.45, 7) is 3.75. The Morgan fingerprint density at radius 2 is 1.79 bits per heavy atom. The SMILES string of the molecule is C=C[C@H]1C[C@@H](S(=O)(=O)c2ccccc2)[C@H](c2ccc(OC)cc2)O1. The van der Waals surface area contributed by atoms with Crippen LogP contribution in [0.2, 0.25) is 0 Å². The Morgan fingerprint density at radius 1 is 1.12 bits per heavy atom. The molecule has 0 unspecified atom stereocenters. The molecule has 1 fully saturated rings. The molecule has 0 amide bonds. The number of rotatable bonds is 5. The second-order valence-electron chi connectivity index (χ2n) is 5.74. The zero-order valence-corrected chi connectivity index (χ0v) is 14.3. The van der Waals surface area contributed by atoms with Crippen LogP contribution in [0.15, 0.2) is 72.1 Å². The minimum Gasteiger partial charge on any atom is -0.497 e. The van der Waals surface area contributed by atoms with Crippen LogP contribution in [0.4, 0.5) is 0 Å². The van der Waals surface area contributed by atoms with Gasteiger partial charge in [-0.15, -0.1) is 6.58 Å². The summed E-state index contributed by atoms with van der Waals surface area (Å²) in [5, 5.41) is -0.642. The van der Waals surface area contributed by atoms with Crippen LogP contribution in [0.3, 0.4) is 0 Å². The smallest absolute Gasteiger partial charge is 0.184 e. The molecule has 4 nitrogen and oxygen atoms in total. The zero-order valence-electron chi connectivity index (χ0n) is 13.5. The van der Waals surface area contributed by atoms with Gasteiger partial charge < -0.3 is 9.47 Å². The van der Waals surface area contributed by atoms with E-state index < -0.39 is 21.2 Å². The van der Waals surface area contributed by atoms with Crippen LogP contribution < -0.4 is 4.74 Å². The lowest BCUT2D eigenvalue weighted by molar-refractivity contribution is 0.0720. The molecule has 0 radical (unpaired) electrons. The fourth-order valence-electron chi connectivity index (χ4n) is 3.00. The molecule has 1 saturated heterocycles. The van der Waals surface area contributed by atoms with E-state index >= 15 is 0 Å². The molecule has 1 aliphatic heterocycles. The summed E-state index contributed by atoms with van der Waals surface area (Å²) in [7, 11) is -1.90. The molecule has 126 valence electrons. The number of methoxy groups -OCH3 is 1. The van der Waals surface area contributed by atoms with Crippen molar-refractivity contribution in [3.63, 3.8) is 0 Å². The normalized spacial score (nSPS) is 23.8. The van der Waals surface area contributed by atoms with Crippen molar-refractivity contribution in [3.8, 4) is 5.75 Å². The Bertz CT molecular complexity index is 797. The van der Waals surface area contributed by atoms with E-state index in [1.165, 1.54) is 0 Å². The Morgan fingerprint density at radius 3 is 2.38 bits per heavy atom. The van der Waals surface area contributed by atoms with Crippen LogP contribution in [0.25, 0.3) is 0 Å². The molecule has 0 aromatic heterocycles. The fourth-order valence-corrected chi connectivity index (χ4v) is 4.87. The molecule has 5 heteroatoms. The van der Waals surface area contributed by atoms with Crippen molar-refractivity contribution in [1.82, 2.24) is 0 Å². The van der Waals surface area contributed by atoms with E-state index in [0.29, 0.717) is 11.3 Å². The largest absolute Gasteiger partial charge is 0.497 e. The molecule has 0 spiro atoms. The average molecular weight is 344 g/mol. The average Bonchev–Trinajstić information content (AvgIpc) is 3.08. The molecule has 1 heterocycles. The first kappa shape index (κ1) is 16.7. The third kappa shape index (κ3) is 3.09. The van der Waals surface area contributed by atoms with E-state index in [4.69, 9.17) is 9.47 Å². The van der Waals surface area contributed by atoms with Gasteiger partial charge in [0.1, 0.15) is 11.9 Å². The second kappa shape index (κ2) is 6.79. The fraction of sp³-hybridized carbons (Fsp3) is 0.263. The van der Waals surface area contributed by atoms with Crippen molar-refractivity contribution in [3.05, 3.63) is 72.8 Å². The maximum Gasteiger partial charge on any atom is 0.184 e. The molecule has 2 aromatic carbocycles. The van der Waals surface area contributed by atoms with Crippen molar-refractivity contribution in [1.29, 1.82) is 0 Å². The molecular formula is C19H20O4S. The van der Waals surface area contributed by atoms with Crippen LogP contribution in [0, 0.1) is 0 Å². The first-order valence-corrected chi connectivity index (χ1v) is 9.32. The predicted molar refractivity (Wildman–Crippen MR) is 92.8 cm³/mol. The van der Waals surface area contributed by atoms with Gasteiger partial charge in [-0.2, -0.15) is 0 Å². The van der Waals surface area contributed by atoms with E-state index in [1.807, 2.05) is 24.3 Å². The van der Waals surface area contributed by atoms with Gasteiger partial charge in [0.05, 0.1) is 23.4 Å². The number of sulfone groups is 1. The van der Waals surface area contributed by atoms with Gasteiger partial charge in [-0.1, -0.05) is 36.4 Å². The highest BCUT2D eigenvalue weighted by Crippen LogP contribution is 2.40. The highest BCUT2D eigenvalue weighted by Gasteiger charge is 2.43. The van der Waals surface area contributed by atoms with E-state index in [1.54, 1.807) is 43.5 Å². The van der Waals surface area contributed by atoms with Gasteiger partial charge in [0, 0.05) is 0 Å². The van der Waals surface area contributed by atoms with Crippen LogP contribution in [0.5, 0.6) is 5.75 Å². The summed E-state index contributed by atoms with van der Waals surface area (Å²) >= 11 is 0. The molecule has 3 rings (SSSR count). The summed E-state index contributed by atoms with van der Waals surface area (Å²) in [6.07, 6.45) is 1.26. The summed E-state index contributed by atoms with van der Waals surface area (Å²) in [5.41, 5.74) is 0.824. The monoisotopic (exact) mass is 344 g/mol. The molecule has 24 heavy (non-hydrogen) atoms. The lowest BCUT2D eigenvalue weighted by Gasteiger charge is -2.19. The standard InChI is InChI=1S/C19H20O4S/c1-3-15-13-18(24(20,21)17-7-5-4-6-8-17)19(23-15)14-9-11-16(22-2)12-10-14/h3-12,15,18-19H,1,13H2,2H3/t15-,18+,19-/m0/s1. The Balaban J connectivity index is 1.98. The summed E-state index contributed by atoms with van der Waals surface area (Å²) in [4.78, 5) is 0.321. The van der Waals surface area contributed by atoms with Crippen molar-refractivity contribution in [2.45, 2.75) is 28.8 Å². The summed E-state index contributed by atoms with van der Waals surface area (Å²) < 4.78 is 37.2. The molecule has 0 saturated carbocycles. The minimum atomic E-state index is -3.50. The molecular weight excluding hydrogens is 324 g/mol. The molecule has 0 N–H and O–H groups in total. The lowest BCUT2D eigenvalue weighted by Crippen LogP contribution is -2.25. The van der Waals surface area contributed by atoms with Gasteiger partial charge in [-0.25, -0.2) is 8.42 Å². The van der Waals surface area contributed by atoms with Crippen molar-refractivity contribution in [2.24, 2.45) is 0 Å². The number of hydrogen-bond acceptors (Lipinski definition) is 4. The lowest BCUT2D eigenvalue weighted by atomic mass is 10.1. The molecule has 2 aromatic rings. The second-order valence-corrected chi connectivity index (χ2v) is 7.90. The quantitative estimate of drug-likeness (QED) is 0.778. The van der Waals surface area contributed by atoms with Crippen LogP contribution in [-0.4, -0.2) is 26.9 Å². The Hall–Kier alpha value is -2.11. The Kier molecular flexibility index (Phi) is 4.73. The van der Waals surface area contributed by atoms with Gasteiger partial charge in [-0.05, 0) is 36.2 Å². The van der Waals surface area contributed by atoms with Crippen molar-refractivity contribution in [2.75, 3.05) is 7.11 Å². The predicted octanol–water partition coefficient (Wildman–Crippen LogP) is 3.55. The maximum absolute atomic E-state index is 13.1. The first-order chi connectivity index (χ1) is 11.6. The van der Waals surface area contributed by atoms with E-state index in [2.05, 4.69) is 6.58 Å². The van der Waals surface area contributed by atoms with Crippen LogP contribution >= 0.6 is 0 Å². The van der Waals surface area contributed by atoms with E-state index in [0.717, 1.165) is 11.3 Å². The zero-order chi connectivity index (χ0) is 17.2. The molecule has 0 bridgehead atoms. The van der Waals surface area contributed by atoms with Gasteiger partial charge in [0.25, 0.3) is 0 Å². The number of benzene rings is 2. The Labute approximate surface area is 142 Å². The van der Waals surface area contributed by atoms with E-state index in [-0.39, 0.29) is 6.10 Å². The maximum atomic E-state index is 13.1. The minimum absolute atomic E-state index is 0.277. The van der Waals surface area contributed by atoms with Crippen LogP contribution in [0.1, 0.15) is 18.1 Å². The van der Waals surface area contributed by atoms with E-state index in [9.17, 15) is 8.42 Å². The number of hydrogen-bond donors (Lipinski definition) is 0. The van der Waals surface area contributed by atoms with Gasteiger partial charge >= 0.3 is 0 Å². The highest BCUT2D eigenvalue weighted by atomic mass is 32.2.